The molecule has 0 unspecified atom stereocenters. The lowest BCUT2D eigenvalue weighted by Crippen LogP contribution is -2.55. The molecule has 6 nitrogen and oxygen atoms in total. The topological polar surface area (TPSA) is 65.9 Å². The number of fused-ring (bicyclic) bond motifs is 1. The first-order chi connectivity index (χ1) is 15.8. The highest BCUT2D eigenvalue weighted by Gasteiger charge is 2.39. The first-order valence-corrected chi connectivity index (χ1v) is 10.6. The minimum Gasteiger partial charge on any atom is -0.494 e. The molecule has 3 aromatic rings. The van der Waals surface area contributed by atoms with Gasteiger partial charge in [-0.3, -0.25) is 9.69 Å². The van der Waals surface area contributed by atoms with Crippen LogP contribution in [0.2, 0.25) is 0 Å². The number of rotatable bonds is 6. The Kier molecular flexibility index (Phi) is 6.42. The highest BCUT2D eigenvalue weighted by Crippen LogP contribution is 2.39. The van der Waals surface area contributed by atoms with Crippen molar-refractivity contribution in [2.45, 2.75) is 18.6 Å². The van der Waals surface area contributed by atoms with Crippen LogP contribution in [0.15, 0.2) is 54.6 Å². The van der Waals surface area contributed by atoms with Crippen molar-refractivity contribution in [1.29, 1.82) is 0 Å². The number of piperazine rings is 1. The van der Waals surface area contributed by atoms with Crippen LogP contribution in [0.1, 0.15) is 11.3 Å². The molecule has 0 saturated carbocycles. The lowest BCUT2D eigenvalue weighted by Gasteiger charge is -2.42. The average molecular weight is 459 g/mol. The van der Waals surface area contributed by atoms with Gasteiger partial charge in [0.1, 0.15) is 11.3 Å². The first-order valence-electron chi connectivity index (χ1n) is 10.6. The number of alkyl halides is 3. The van der Waals surface area contributed by atoms with E-state index < -0.39 is 17.8 Å². The fourth-order valence-electron chi connectivity index (χ4n) is 4.35. The number of carbonyl (C=O) groups is 1. The molecule has 0 aliphatic carbocycles. The number of aromatic nitrogens is 1. The molecule has 1 aliphatic rings. The van der Waals surface area contributed by atoms with Crippen molar-refractivity contribution >= 4 is 22.6 Å². The van der Waals surface area contributed by atoms with E-state index in [2.05, 4.69) is 4.98 Å². The predicted octanol–water partition coefficient (Wildman–Crippen LogP) is 4.08. The Balaban J connectivity index is 1.73. The summed E-state index contributed by atoms with van der Waals surface area (Å²) in [5.41, 5.74) is 0.180. The molecule has 9 heteroatoms. The molecule has 0 amide bonds. The van der Waals surface area contributed by atoms with Crippen LogP contribution in [0.5, 0.6) is 5.75 Å². The Labute approximate surface area is 189 Å². The zero-order valence-corrected chi connectivity index (χ0v) is 18.0. The molecule has 1 atom stereocenters. The maximum absolute atomic E-state index is 14.0. The van der Waals surface area contributed by atoms with Gasteiger partial charge in [-0.05, 0) is 24.1 Å². The van der Waals surface area contributed by atoms with E-state index in [1.165, 1.54) is 13.2 Å². The second kappa shape index (κ2) is 9.27. The van der Waals surface area contributed by atoms with E-state index in [1.807, 2.05) is 35.2 Å². The molecule has 174 valence electrons. The SMILES string of the molecule is COc1cccc2cc(N3CCN(CC(=O)O)[C@@H](Cc4ccccc4)C3)c(C(F)(F)F)nc12. The molecular formula is C24H24F3N3O3. The quantitative estimate of drug-likeness (QED) is 0.599. The van der Waals surface area contributed by atoms with Crippen molar-refractivity contribution in [3.63, 3.8) is 0 Å². The van der Waals surface area contributed by atoms with Gasteiger partial charge < -0.3 is 14.7 Å². The highest BCUT2D eigenvalue weighted by molar-refractivity contribution is 5.88. The third kappa shape index (κ3) is 5.03. The Bertz CT molecular complexity index is 1140. The minimum absolute atomic E-state index is 0.00344. The third-order valence-electron chi connectivity index (χ3n) is 5.87. The summed E-state index contributed by atoms with van der Waals surface area (Å²) in [6.07, 6.45) is -4.13. The summed E-state index contributed by atoms with van der Waals surface area (Å²) < 4.78 is 47.3. The lowest BCUT2D eigenvalue weighted by atomic mass is 10.0. The van der Waals surface area contributed by atoms with Gasteiger partial charge in [0.05, 0.1) is 19.3 Å². The molecule has 0 spiro atoms. The molecule has 1 saturated heterocycles. The number of methoxy groups -OCH3 is 1. The highest BCUT2D eigenvalue weighted by atomic mass is 19.4. The number of carboxylic acid groups (broad SMARTS) is 1. The molecule has 4 rings (SSSR count). The molecule has 1 aromatic heterocycles. The summed E-state index contributed by atoms with van der Waals surface area (Å²) in [6, 6.07) is 15.8. The van der Waals surface area contributed by atoms with E-state index in [0.717, 1.165) is 5.56 Å². The summed E-state index contributed by atoms with van der Waals surface area (Å²) in [4.78, 5) is 18.8. The van der Waals surface area contributed by atoms with Gasteiger partial charge in [-0.25, -0.2) is 4.98 Å². The summed E-state index contributed by atoms with van der Waals surface area (Å²) in [7, 11) is 1.40. The monoisotopic (exact) mass is 459 g/mol. The Morgan fingerprint density at radius 2 is 1.91 bits per heavy atom. The number of halogens is 3. The second-order valence-electron chi connectivity index (χ2n) is 8.04. The minimum atomic E-state index is -4.66. The number of nitrogens with zero attached hydrogens (tertiary/aromatic N) is 3. The van der Waals surface area contributed by atoms with E-state index in [-0.39, 0.29) is 42.6 Å². The normalized spacial score (nSPS) is 17.3. The number of anilines is 1. The standard InChI is InChI=1S/C24H24F3N3O3/c1-33-20-9-5-8-17-13-19(23(24(25,26)27)28-22(17)20)30-11-10-29(15-21(31)32)18(14-30)12-16-6-3-2-4-7-16/h2-9,13,18H,10-12,14-15H2,1H3,(H,31,32)/t18-/m0/s1. The number of benzene rings is 2. The van der Waals surface area contributed by atoms with Crippen LogP contribution in [-0.2, 0) is 17.4 Å². The predicted molar refractivity (Wildman–Crippen MR) is 119 cm³/mol. The summed E-state index contributed by atoms with van der Waals surface area (Å²) in [5.74, 6) is -0.685. The molecule has 2 aromatic carbocycles. The number of carboxylic acids is 1. The number of ether oxygens (including phenoxy) is 1. The van der Waals surface area contributed by atoms with Crippen LogP contribution >= 0.6 is 0 Å². The van der Waals surface area contributed by atoms with Crippen molar-refractivity contribution in [1.82, 2.24) is 9.88 Å². The van der Waals surface area contributed by atoms with Crippen LogP contribution < -0.4 is 9.64 Å². The van der Waals surface area contributed by atoms with Crippen molar-refractivity contribution in [2.24, 2.45) is 0 Å². The molecular weight excluding hydrogens is 435 g/mol. The van der Waals surface area contributed by atoms with Crippen LogP contribution in [-0.4, -0.2) is 60.3 Å². The van der Waals surface area contributed by atoms with Gasteiger partial charge in [0.15, 0.2) is 5.69 Å². The molecule has 1 N–H and O–H groups in total. The van der Waals surface area contributed by atoms with Crippen molar-refractivity contribution in [3.8, 4) is 5.75 Å². The molecule has 33 heavy (non-hydrogen) atoms. The smallest absolute Gasteiger partial charge is 0.435 e. The van der Waals surface area contributed by atoms with E-state index in [1.54, 1.807) is 23.1 Å². The van der Waals surface area contributed by atoms with E-state index in [4.69, 9.17) is 4.74 Å². The molecule has 2 heterocycles. The summed E-state index contributed by atoms with van der Waals surface area (Å²) in [6.45, 7) is 0.684. The number of hydrogen-bond donors (Lipinski definition) is 1. The number of pyridine rings is 1. The zero-order chi connectivity index (χ0) is 23.6. The number of aliphatic carboxylic acids is 1. The zero-order valence-electron chi connectivity index (χ0n) is 18.0. The van der Waals surface area contributed by atoms with Crippen molar-refractivity contribution in [2.75, 3.05) is 38.2 Å². The van der Waals surface area contributed by atoms with Crippen molar-refractivity contribution < 1.29 is 27.8 Å². The largest absolute Gasteiger partial charge is 0.494 e. The lowest BCUT2D eigenvalue weighted by molar-refractivity contribution is -0.140. The molecule has 0 bridgehead atoms. The van der Waals surface area contributed by atoms with Gasteiger partial charge in [-0.1, -0.05) is 42.5 Å². The molecule has 1 fully saturated rings. The fraction of sp³-hybridized carbons (Fsp3) is 0.333. The summed E-state index contributed by atoms with van der Waals surface area (Å²) in [5, 5.41) is 9.87. The van der Waals surface area contributed by atoms with Gasteiger partial charge in [0, 0.05) is 31.1 Å². The van der Waals surface area contributed by atoms with E-state index in [0.29, 0.717) is 18.4 Å². The van der Waals surface area contributed by atoms with Gasteiger partial charge in [-0.2, -0.15) is 13.2 Å². The summed E-state index contributed by atoms with van der Waals surface area (Å²) >= 11 is 0. The third-order valence-corrected chi connectivity index (χ3v) is 5.87. The molecule has 1 aliphatic heterocycles. The van der Waals surface area contributed by atoms with Gasteiger partial charge >= 0.3 is 12.1 Å². The Morgan fingerprint density at radius 3 is 2.58 bits per heavy atom. The van der Waals surface area contributed by atoms with Gasteiger partial charge in [0.2, 0.25) is 0 Å². The maximum Gasteiger partial charge on any atom is 0.435 e. The van der Waals surface area contributed by atoms with Crippen LogP contribution in [0, 0.1) is 0 Å². The van der Waals surface area contributed by atoms with Gasteiger partial charge in [-0.15, -0.1) is 0 Å². The Morgan fingerprint density at radius 1 is 1.15 bits per heavy atom. The van der Waals surface area contributed by atoms with E-state index >= 15 is 0 Å². The van der Waals surface area contributed by atoms with Gasteiger partial charge in [0.25, 0.3) is 0 Å². The number of para-hydroxylation sites is 1. The number of hydrogen-bond acceptors (Lipinski definition) is 5. The van der Waals surface area contributed by atoms with E-state index in [9.17, 15) is 23.1 Å². The second-order valence-corrected chi connectivity index (χ2v) is 8.04. The first kappa shape index (κ1) is 22.8. The van der Waals surface area contributed by atoms with Crippen LogP contribution in [0.4, 0.5) is 18.9 Å². The van der Waals surface area contributed by atoms with Crippen LogP contribution in [0.25, 0.3) is 10.9 Å². The Hall–Kier alpha value is -3.33. The fourth-order valence-corrected chi connectivity index (χ4v) is 4.35. The van der Waals surface area contributed by atoms with Crippen molar-refractivity contribution in [3.05, 3.63) is 65.9 Å². The average Bonchev–Trinajstić information content (AvgIpc) is 2.78. The maximum atomic E-state index is 14.0. The molecule has 0 radical (unpaired) electrons. The van der Waals surface area contributed by atoms with Crippen LogP contribution in [0.3, 0.4) is 0 Å².